The number of nitrogens with one attached hydrogen (secondary N) is 1. The molecule has 0 aliphatic carbocycles. The molecule has 35 heavy (non-hydrogen) atoms. The normalized spacial score (nSPS) is 15.5. The van der Waals surface area contributed by atoms with Crippen LogP contribution in [0.5, 0.6) is 0 Å². The summed E-state index contributed by atoms with van der Waals surface area (Å²) in [6.07, 6.45) is 0.809. The number of hydrogen-bond acceptors (Lipinski definition) is 9. The topological polar surface area (TPSA) is 173 Å². The van der Waals surface area contributed by atoms with Gasteiger partial charge in [-0.1, -0.05) is 20.8 Å². The number of amides is 3. The third kappa shape index (κ3) is 9.25. The highest BCUT2D eigenvalue weighted by atomic mass is 16.3. The van der Waals surface area contributed by atoms with Crippen molar-refractivity contribution in [2.75, 3.05) is 6.61 Å². The molecule has 1 aromatic rings. The maximum atomic E-state index is 12.7. The van der Waals surface area contributed by atoms with Crippen LogP contribution in [0.25, 0.3) is 0 Å². The second kappa shape index (κ2) is 15.5. The van der Waals surface area contributed by atoms with Crippen molar-refractivity contribution in [2.24, 2.45) is 0 Å². The fourth-order valence-electron chi connectivity index (χ4n) is 3.68. The van der Waals surface area contributed by atoms with Gasteiger partial charge in [0.25, 0.3) is 0 Å². The van der Waals surface area contributed by atoms with Crippen LogP contribution >= 0.6 is 0 Å². The molecule has 1 rings (SSSR count). The van der Waals surface area contributed by atoms with Gasteiger partial charge >= 0.3 is 0 Å². The van der Waals surface area contributed by atoms with Gasteiger partial charge in [-0.2, -0.15) is 0 Å². The quantitative estimate of drug-likeness (QED) is 0.230. The van der Waals surface area contributed by atoms with E-state index >= 15 is 0 Å². The lowest BCUT2D eigenvalue weighted by molar-refractivity contribution is -0.155. The van der Waals surface area contributed by atoms with Crippen molar-refractivity contribution < 1.29 is 34.8 Å². The Morgan fingerprint density at radius 1 is 0.943 bits per heavy atom. The predicted molar refractivity (Wildman–Crippen MR) is 128 cm³/mol. The standard InChI is InChI=1S/C24H40N4O7/c1-5-8-20(32)27-18(14-29)19(31)11-16-12-26-17(13-25-16)24(35)23(15(4)30)28(21(33)9-6-2)22(34)10-7-3/h12-13,15,18-19,23-24,29-31,35H,5-11,14H2,1-4H3,(H,27,32)/t15-,18+,19-,23+,24?/m0/s1. The highest BCUT2D eigenvalue weighted by molar-refractivity contribution is 5.95. The Morgan fingerprint density at radius 3 is 1.94 bits per heavy atom. The van der Waals surface area contributed by atoms with Gasteiger partial charge in [-0.05, 0) is 26.2 Å². The molecule has 0 aliphatic rings. The first-order valence-electron chi connectivity index (χ1n) is 12.2. The number of carbonyl (C=O) groups excluding carboxylic acids is 3. The van der Waals surface area contributed by atoms with E-state index in [2.05, 4.69) is 15.3 Å². The Balaban J connectivity index is 3.06. The smallest absolute Gasteiger partial charge is 0.229 e. The number of carbonyl (C=O) groups is 3. The minimum atomic E-state index is -1.48. The Labute approximate surface area is 206 Å². The molecule has 0 bridgehead atoms. The highest BCUT2D eigenvalue weighted by Crippen LogP contribution is 2.24. The number of nitrogens with zero attached hydrogens (tertiary/aromatic N) is 3. The van der Waals surface area contributed by atoms with Crippen molar-refractivity contribution in [3.8, 4) is 0 Å². The van der Waals surface area contributed by atoms with E-state index in [1.165, 1.54) is 19.3 Å². The van der Waals surface area contributed by atoms with E-state index in [1.807, 2.05) is 6.92 Å². The van der Waals surface area contributed by atoms with Gasteiger partial charge in [0.1, 0.15) is 6.10 Å². The van der Waals surface area contributed by atoms with Gasteiger partial charge in [-0.25, -0.2) is 0 Å². The number of hydrogen-bond donors (Lipinski definition) is 5. The molecule has 0 fully saturated rings. The second-order valence-electron chi connectivity index (χ2n) is 8.64. The summed E-state index contributed by atoms with van der Waals surface area (Å²) in [5, 5.41) is 43.8. The van der Waals surface area contributed by atoms with E-state index in [0.29, 0.717) is 25.0 Å². The van der Waals surface area contributed by atoms with Gasteiger partial charge in [-0.15, -0.1) is 0 Å². The number of imide groups is 1. The molecule has 0 spiro atoms. The number of rotatable bonds is 15. The molecule has 0 saturated carbocycles. The first-order valence-corrected chi connectivity index (χ1v) is 12.2. The molecule has 0 aromatic carbocycles. The average molecular weight is 497 g/mol. The van der Waals surface area contributed by atoms with E-state index < -0.39 is 48.8 Å². The molecule has 1 aromatic heterocycles. The number of aromatic nitrogens is 2. The lowest BCUT2D eigenvalue weighted by Crippen LogP contribution is -2.52. The molecule has 1 heterocycles. The summed E-state index contributed by atoms with van der Waals surface area (Å²) in [5.74, 6) is -1.24. The Morgan fingerprint density at radius 2 is 1.51 bits per heavy atom. The fourth-order valence-corrected chi connectivity index (χ4v) is 3.68. The van der Waals surface area contributed by atoms with E-state index in [0.717, 1.165) is 4.90 Å². The molecular weight excluding hydrogens is 456 g/mol. The summed E-state index contributed by atoms with van der Waals surface area (Å²) in [7, 11) is 0. The molecule has 0 radical (unpaired) electrons. The van der Waals surface area contributed by atoms with Crippen molar-refractivity contribution in [1.29, 1.82) is 0 Å². The molecule has 11 heteroatoms. The van der Waals surface area contributed by atoms with Gasteiger partial charge < -0.3 is 25.7 Å². The van der Waals surface area contributed by atoms with Crippen molar-refractivity contribution in [1.82, 2.24) is 20.2 Å². The number of aliphatic hydroxyl groups excluding tert-OH is 4. The first kappa shape index (κ1) is 30.6. The predicted octanol–water partition coefficient (Wildman–Crippen LogP) is 0.395. The summed E-state index contributed by atoms with van der Waals surface area (Å²) < 4.78 is 0. The van der Waals surface area contributed by atoms with Crippen LogP contribution in [0, 0.1) is 0 Å². The summed E-state index contributed by atoms with van der Waals surface area (Å²) >= 11 is 0. The van der Waals surface area contributed by atoms with Gasteiger partial charge in [0.05, 0.1) is 48.5 Å². The minimum absolute atomic E-state index is 0.0169. The monoisotopic (exact) mass is 496 g/mol. The molecule has 198 valence electrons. The summed E-state index contributed by atoms with van der Waals surface area (Å²) in [6, 6.07) is -2.12. The van der Waals surface area contributed by atoms with Gasteiger partial charge in [0.2, 0.25) is 17.7 Å². The maximum absolute atomic E-state index is 12.7. The zero-order valence-corrected chi connectivity index (χ0v) is 21.1. The van der Waals surface area contributed by atoms with E-state index in [1.54, 1.807) is 13.8 Å². The lowest BCUT2D eigenvalue weighted by Gasteiger charge is -2.35. The van der Waals surface area contributed by atoms with Crippen LogP contribution in [0.2, 0.25) is 0 Å². The Bertz CT molecular complexity index is 786. The van der Waals surface area contributed by atoms with E-state index in [4.69, 9.17) is 0 Å². The molecule has 1 unspecified atom stereocenters. The van der Waals surface area contributed by atoms with Gasteiger partial charge in [-0.3, -0.25) is 29.3 Å². The number of aliphatic hydroxyl groups is 4. The van der Waals surface area contributed by atoms with Crippen LogP contribution in [0.1, 0.15) is 83.7 Å². The highest BCUT2D eigenvalue weighted by Gasteiger charge is 2.38. The fraction of sp³-hybridized carbons (Fsp3) is 0.708. The summed E-state index contributed by atoms with van der Waals surface area (Å²) in [4.78, 5) is 46.5. The van der Waals surface area contributed by atoms with Crippen LogP contribution < -0.4 is 5.32 Å². The van der Waals surface area contributed by atoms with E-state index in [-0.39, 0.29) is 37.3 Å². The molecule has 11 nitrogen and oxygen atoms in total. The maximum Gasteiger partial charge on any atom is 0.229 e. The lowest BCUT2D eigenvalue weighted by atomic mass is 9.99. The minimum Gasteiger partial charge on any atom is -0.394 e. The van der Waals surface area contributed by atoms with Crippen molar-refractivity contribution in [3.05, 3.63) is 23.8 Å². The Kier molecular flexibility index (Phi) is 13.5. The van der Waals surface area contributed by atoms with Crippen LogP contribution in [0.15, 0.2) is 12.4 Å². The van der Waals surface area contributed by atoms with Gasteiger partial charge in [0.15, 0.2) is 0 Å². The van der Waals surface area contributed by atoms with Crippen LogP contribution in [0.3, 0.4) is 0 Å². The third-order valence-electron chi connectivity index (χ3n) is 5.51. The zero-order valence-electron chi connectivity index (χ0n) is 21.1. The molecule has 3 amide bonds. The zero-order chi connectivity index (χ0) is 26.5. The summed E-state index contributed by atoms with van der Waals surface area (Å²) in [6.45, 7) is 6.37. The van der Waals surface area contributed by atoms with Crippen LogP contribution in [-0.4, -0.2) is 83.9 Å². The molecule has 5 N–H and O–H groups in total. The van der Waals surface area contributed by atoms with Crippen LogP contribution in [0.4, 0.5) is 0 Å². The third-order valence-corrected chi connectivity index (χ3v) is 5.51. The molecule has 0 aliphatic heterocycles. The van der Waals surface area contributed by atoms with Crippen molar-refractivity contribution in [3.63, 3.8) is 0 Å². The molecule has 5 atom stereocenters. The Hall–Kier alpha value is -2.47. The first-order chi connectivity index (χ1) is 16.6. The summed E-state index contributed by atoms with van der Waals surface area (Å²) in [5.41, 5.74) is 0.383. The molecular formula is C24H40N4O7. The SMILES string of the molecule is CCCC(=O)N[C@H](CO)[C@@H](O)Cc1cnc(C(O)[C@@H]([C@H](C)O)N(C(=O)CCC)C(=O)CCC)cn1. The van der Waals surface area contributed by atoms with Crippen molar-refractivity contribution in [2.45, 2.75) is 103 Å². The van der Waals surface area contributed by atoms with Gasteiger partial charge in [0, 0.05) is 31.9 Å². The molecule has 0 saturated heterocycles. The van der Waals surface area contributed by atoms with Crippen molar-refractivity contribution >= 4 is 17.7 Å². The second-order valence-corrected chi connectivity index (χ2v) is 8.64. The van der Waals surface area contributed by atoms with Crippen LogP contribution in [-0.2, 0) is 20.8 Å². The average Bonchev–Trinajstić information content (AvgIpc) is 2.81. The largest absolute Gasteiger partial charge is 0.394 e. The van der Waals surface area contributed by atoms with E-state index in [9.17, 15) is 34.8 Å².